The highest BCUT2D eigenvalue weighted by Crippen LogP contribution is 2.24. The summed E-state index contributed by atoms with van der Waals surface area (Å²) in [5.41, 5.74) is 2.70. The maximum Gasteiger partial charge on any atom is 0.335 e. The molecule has 0 unspecified atom stereocenters. The number of carboxylic acid groups (broad SMARTS) is 1. The van der Waals surface area contributed by atoms with Gasteiger partial charge in [0, 0.05) is 35.6 Å². The Morgan fingerprint density at radius 3 is 2.48 bits per heavy atom. The molecule has 0 saturated heterocycles. The Labute approximate surface area is 145 Å². The Bertz CT molecular complexity index is 878. The number of aromatic carboxylic acids is 1. The van der Waals surface area contributed by atoms with Crippen molar-refractivity contribution in [2.45, 2.75) is 19.8 Å². The molecule has 0 amide bonds. The number of carbonyl (C=O) groups is 1. The van der Waals surface area contributed by atoms with Gasteiger partial charge in [-0.2, -0.15) is 0 Å². The van der Waals surface area contributed by atoms with E-state index in [9.17, 15) is 4.79 Å². The van der Waals surface area contributed by atoms with E-state index in [1.54, 1.807) is 36.7 Å². The third-order valence-corrected chi connectivity index (χ3v) is 3.62. The molecule has 0 aliphatic heterocycles. The predicted octanol–water partition coefficient (Wildman–Crippen LogP) is 4.10. The zero-order chi connectivity index (χ0) is 17.8. The number of rotatable bonds is 5. The van der Waals surface area contributed by atoms with Crippen LogP contribution >= 0.6 is 0 Å². The normalized spacial score (nSPS) is 10.7. The van der Waals surface area contributed by atoms with Crippen LogP contribution in [0.4, 0.5) is 11.5 Å². The zero-order valence-corrected chi connectivity index (χ0v) is 14.0. The first kappa shape index (κ1) is 16.6. The maximum absolute atomic E-state index is 10.9. The lowest BCUT2D eigenvalue weighted by Crippen LogP contribution is -2.04. The maximum atomic E-state index is 10.9. The summed E-state index contributed by atoms with van der Waals surface area (Å²) in [6, 6.07) is 12.2. The lowest BCUT2D eigenvalue weighted by atomic mass is 10.1. The molecule has 0 saturated carbocycles. The summed E-state index contributed by atoms with van der Waals surface area (Å²) in [5.74, 6) is 0.604. The number of anilines is 2. The SMILES string of the molecule is CC(C)c1nc(Nc2ccc(C(=O)O)cc2)cc(-c2cccnc2)n1. The van der Waals surface area contributed by atoms with Crippen molar-refractivity contribution in [3.05, 3.63) is 66.2 Å². The molecule has 2 heterocycles. The van der Waals surface area contributed by atoms with Crippen molar-refractivity contribution in [3.63, 3.8) is 0 Å². The van der Waals surface area contributed by atoms with Gasteiger partial charge in [-0.25, -0.2) is 14.8 Å². The van der Waals surface area contributed by atoms with Crippen LogP contribution in [0.2, 0.25) is 0 Å². The van der Waals surface area contributed by atoms with Crippen LogP contribution in [0.15, 0.2) is 54.9 Å². The average Bonchev–Trinajstić information content (AvgIpc) is 2.62. The summed E-state index contributed by atoms with van der Waals surface area (Å²) in [6.45, 7) is 4.07. The van der Waals surface area contributed by atoms with Crippen molar-refractivity contribution in [1.29, 1.82) is 0 Å². The smallest absolute Gasteiger partial charge is 0.335 e. The minimum Gasteiger partial charge on any atom is -0.478 e. The van der Waals surface area contributed by atoms with E-state index in [1.807, 2.05) is 32.0 Å². The molecule has 3 rings (SSSR count). The summed E-state index contributed by atoms with van der Waals surface area (Å²) in [6.07, 6.45) is 3.48. The fraction of sp³-hybridized carbons (Fsp3) is 0.158. The second-order valence-electron chi connectivity index (χ2n) is 5.90. The number of nitrogens with one attached hydrogen (secondary N) is 1. The van der Waals surface area contributed by atoms with Gasteiger partial charge in [0.15, 0.2) is 0 Å². The van der Waals surface area contributed by atoms with Gasteiger partial charge in [-0.15, -0.1) is 0 Å². The Kier molecular flexibility index (Phi) is 4.70. The van der Waals surface area contributed by atoms with E-state index in [4.69, 9.17) is 5.11 Å². The van der Waals surface area contributed by atoms with E-state index in [2.05, 4.69) is 20.3 Å². The molecular formula is C19H18N4O2. The minimum atomic E-state index is -0.949. The van der Waals surface area contributed by atoms with Crippen molar-refractivity contribution < 1.29 is 9.90 Å². The molecule has 0 aliphatic carbocycles. The topological polar surface area (TPSA) is 88.0 Å². The molecule has 0 bridgehead atoms. The minimum absolute atomic E-state index is 0.173. The van der Waals surface area contributed by atoms with Crippen molar-refractivity contribution >= 4 is 17.5 Å². The molecule has 2 aromatic heterocycles. The highest BCUT2D eigenvalue weighted by atomic mass is 16.4. The summed E-state index contributed by atoms with van der Waals surface area (Å²) >= 11 is 0. The fourth-order valence-electron chi connectivity index (χ4n) is 2.29. The zero-order valence-electron chi connectivity index (χ0n) is 14.0. The number of hydrogen-bond donors (Lipinski definition) is 2. The molecule has 0 aliphatic rings. The highest BCUT2D eigenvalue weighted by molar-refractivity contribution is 5.88. The highest BCUT2D eigenvalue weighted by Gasteiger charge is 2.10. The van der Waals surface area contributed by atoms with Crippen molar-refractivity contribution in [2.75, 3.05) is 5.32 Å². The van der Waals surface area contributed by atoms with E-state index >= 15 is 0 Å². The van der Waals surface area contributed by atoms with Crippen molar-refractivity contribution in [1.82, 2.24) is 15.0 Å². The van der Waals surface area contributed by atoms with Gasteiger partial charge in [-0.1, -0.05) is 13.8 Å². The van der Waals surface area contributed by atoms with Crippen molar-refractivity contribution in [2.24, 2.45) is 0 Å². The average molecular weight is 334 g/mol. The van der Waals surface area contributed by atoms with Gasteiger partial charge >= 0.3 is 5.97 Å². The summed E-state index contributed by atoms with van der Waals surface area (Å²) in [7, 11) is 0. The Morgan fingerprint density at radius 1 is 1.12 bits per heavy atom. The fourth-order valence-corrected chi connectivity index (χ4v) is 2.29. The second kappa shape index (κ2) is 7.09. The first-order valence-corrected chi connectivity index (χ1v) is 7.92. The number of hydrogen-bond acceptors (Lipinski definition) is 5. The molecule has 126 valence electrons. The largest absolute Gasteiger partial charge is 0.478 e. The molecule has 0 atom stereocenters. The predicted molar refractivity (Wildman–Crippen MR) is 96.0 cm³/mol. The number of aromatic nitrogens is 3. The Morgan fingerprint density at radius 2 is 1.88 bits per heavy atom. The number of nitrogens with zero attached hydrogens (tertiary/aromatic N) is 3. The second-order valence-corrected chi connectivity index (χ2v) is 5.90. The van der Waals surface area contributed by atoms with Crippen LogP contribution in [0.25, 0.3) is 11.3 Å². The van der Waals surface area contributed by atoms with Gasteiger partial charge < -0.3 is 10.4 Å². The summed E-state index contributed by atoms with van der Waals surface area (Å²) in [4.78, 5) is 24.2. The third kappa shape index (κ3) is 3.98. The molecule has 2 N–H and O–H groups in total. The lowest BCUT2D eigenvalue weighted by Gasteiger charge is -2.12. The van der Waals surface area contributed by atoms with Crippen LogP contribution < -0.4 is 5.32 Å². The van der Waals surface area contributed by atoms with Gasteiger partial charge in [0.25, 0.3) is 0 Å². The van der Waals surface area contributed by atoms with E-state index in [-0.39, 0.29) is 11.5 Å². The molecule has 0 spiro atoms. The van der Waals surface area contributed by atoms with E-state index in [0.717, 1.165) is 22.8 Å². The van der Waals surface area contributed by atoms with Crippen LogP contribution in [-0.4, -0.2) is 26.0 Å². The van der Waals surface area contributed by atoms with Crippen LogP contribution in [0.5, 0.6) is 0 Å². The van der Waals surface area contributed by atoms with Gasteiger partial charge in [0.1, 0.15) is 11.6 Å². The molecule has 6 nitrogen and oxygen atoms in total. The Hall–Kier alpha value is -3.28. The Balaban J connectivity index is 1.95. The van der Waals surface area contributed by atoms with Crippen molar-refractivity contribution in [3.8, 4) is 11.3 Å². The molecule has 0 fully saturated rings. The monoisotopic (exact) mass is 334 g/mol. The first-order valence-electron chi connectivity index (χ1n) is 7.92. The summed E-state index contributed by atoms with van der Waals surface area (Å²) in [5, 5.41) is 12.2. The van der Waals surface area contributed by atoms with Gasteiger partial charge in [-0.05, 0) is 36.4 Å². The van der Waals surface area contributed by atoms with E-state index < -0.39 is 5.97 Å². The first-order chi connectivity index (χ1) is 12.0. The molecule has 0 radical (unpaired) electrons. The van der Waals surface area contributed by atoms with Gasteiger partial charge in [0.2, 0.25) is 0 Å². The standard InChI is InChI=1S/C19H18N4O2/c1-12(2)18-22-16(14-4-3-9-20-11-14)10-17(23-18)21-15-7-5-13(6-8-15)19(24)25/h3-12H,1-2H3,(H,24,25)(H,21,22,23). The van der Waals surface area contributed by atoms with Crippen LogP contribution in [0, 0.1) is 0 Å². The number of benzene rings is 1. The molecule has 6 heteroatoms. The molecule has 3 aromatic rings. The van der Waals surface area contributed by atoms with E-state index in [1.165, 1.54) is 0 Å². The molecule has 1 aromatic carbocycles. The van der Waals surface area contributed by atoms with Gasteiger partial charge in [0.05, 0.1) is 11.3 Å². The third-order valence-electron chi connectivity index (χ3n) is 3.62. The summed E-state index contributed by atoms with van der Waals surface area (Å²) < 4.78 is 0. The molecular weight excluding hydrogens is 316 g/mol. The van der Waals surface area contributed by atoms with E-state index in [0.29, 0.717) is 5.82 Å². The quantitative estimate of drug-likeness (QED) is 0.730. The van der Waals surface area contributed by atoms with Crippen LogP contribution in [0.3, 0.4) is 0 Å². The lowest BCUT2D eigenvalue weighted by molar-refractivity contribution is 0.0697. The van der Waals surface area contributed by atoms with Gasteiger partial charge in [-0.3, -0.25) is 4.98 Å². The van der Waals surface area contributed by atoms with Crippen LogP contribution in [0.1, 0.15) is 35.9 Å². The number of pyridine rings is 1. The number of carboxylic acids is 1. The molecule has 25 heavy (non-hydrogen) atoms. The van der Waals surface area contributed by atoms with Crippen LogP contribution in [-0.2, 0) is 0 Å².